The molecule has 0 saturated carbocycles. The Morgan fingerprint density at radius 2 is 1.23 bits per heavy atom. The molecular formula is C27H29O2PY-2. The fourth-order valence-electron chi connectivity index (χ4n) is 5.36. The molecule has 3 aromatic carbocycles. The van der Waals surface area contributed by atoms with E-state index in [0.29, 0.717) is 0 Å². The van der Waals surface area contributed by atoms with Gasteiger partial charge in [-0.3, -0.25) is 0 Å². The number of allylic oxidation sites excluding steroid dienone is 1. The molecule has 0 aliphatic carbocycles. The number of benzene rings is 3. The molecular weight excluding hydrogens is 476 g/mol. The van der Waals surface area contributed by atoms with Crippen molar-refractivity contribution >= 4 is 22.7 Å². The molecule has 4 rings (SSSR count). The van der Waals surface area contributed by atoms with Crippen molar-refractivity contribution in [2.45, 2.75) is 33.4 Å². The van der Waals surface area contributed by atoms with E-state index in [1.165, 1.54) is 15.9 Å². The number of rotatable bonds is 4. The standard InChI is InChI=1S/C27H30O2P.Y/c1-21(28)20-27(4)22(2)29-30(23(27)3,24-14-8-5-9-15-24,25-16-10-6-11-17-25)26-18-12-7-13-19-26;/h5-20,23,28H,1-4H3;/q-1;/p-1/b21-20-;/t23?,27-;/m0./s1. The zero-order valence-electron chi connectivity index (χ0n) is 18.7. The van der Waals surface area contributed by atoms with Gasteiger partial charge in [-0.25, -0.2) is 0 Å². The van der Waals surface area contributed by atoms with Crippen LogP contribution in [0.15, 0.2) is 103 Å². The summed E-state index contributed by atoms with van der Waals surface area (Å²) in [6.45, 7) is 4.66. The van der Waals surface area contributed by atoms with E-state index in [1.807, 2.05) is 31.2 Å². The summed E-state index contributed by atoms with van der Waals surface area (Å²) in [6.07, 6.45) is 2.76. The normalized spacial score (nSPS) is 26.4. The summed E-state index contributed by atoms with van der Waals surface area (Å²) in [5, 5.41) is 15.9. The molecule has 4 heteroatoms. The van der Waals surface area contributed by atoms with Gasteiger partial charge in [-0.1, -0.05) is 0 Å². The Labute approximate surface area is 211 Å². The van der Waals surface area contributed by atoms with Gasteiger partial charge in [0.1, 0.15) is 0 Å². The van der Waals surface area contributed by atoms with Crippen molar-refractivity contribution in [1.29, 1.82) is 0 Å². The quantitative estimate of drug-likeness (QED) is 0.293. The van der Waals surface area contributed by atoms with Crippen molar-refractivity contribution in [2.75, 3.05) is 0 Å². The maximum Gasteiger partial charge on any atom is 0 e. The summed E-state index contributed by atoms with van der Waals surface area (Å²) in [7, 11) is 0. The fraction of sp³-hybridized carbons (Fsp3) is 0.222. The second-order valence-electron chi connectivity index (χ2n) is 8.47. The molecule has 3 aromatic rings. The van der Waals surface area contributed by atoms with Gasteiger partial charge in [-0.2, -0.15) is 0 Å². The van der Waals surface area contributed by atoms with Crippen LogP contribution in [0.2, 0.25) is 0 Å². The third-order valence-corrected chi connectivity index (χ3v) is 13.6. The largest absolute Gasteiger partial charge is 0 e. The van der Waals surface area contributed by atoms with E-state index in [4.69, 9.17) is 4.52 Å². The summed E-state index contributed by atoms with van der Waals surface area (Å²) in [5.41, 5.74) is -0.440. The van der Waals surface area contributed by atoms with Crippen molar-refractivity contribution in [1.82, 2.24) is 0 Å². The zero-order chi connectivity index (χ0) is 21.4. The first kappa shape index (κ1) is 24.3. The van der Waals surface area contributed by atoms with Crippen molar-refractivity contribution in [3.8, 4) is 0 Å². The van der Waals surface area contributed by atoms with Crippen LogP contribution in [0.1, 0.15) is 27.7 Å². The second kappa shape index (κ2) is 8.91. The summed E-state index contributed by atoms with van der Waals surface area (Å²) in [5.74, 6) is 0.0694. The van der Waals surface area contributed by atoms with Crippen molar-refractivity contribution in [2.24, 2.45) is 5.41 Å². The van der Waals surface area contributed by atoms with Crippen LogP contribution < -0.4 is 21.0 Å². The van der Waals surface area contributed by atoms with Gasteiger partial charge in [0.05, 0.1) is 0 Å². The van der Waals surface area contributed by atoms with Crippen LogP contribution in [-0.2, 0) is 37.2 Å². The van der Waals surface area contributed by atoms with Gasteiger partial charge in [-0.15, -0.1) is 0 Å². The van der Waals surface area contributed by atoms with Gasteiger partial charge in [0, 0.05) is 32.7 Å². The zero-order valence-corrected chi connectivity index (χ0v) is 22.4. The molecule has 1 fully saturated rings. The minimum absolute atomic E-state index is 0. The molecule has 1 aliphatic rings. The van der Waals surface area contributed by atoms with Crippen LogP contribution in [0.3, 0.4) is 0 Å². The molecule has 0 amide bonds. The molecule has 2 nitrogen and oxygen atoms in total. The summed E-state index contributed by atoms with van der Waals surface area (Å²) in [4.78, 5) is 0. The van der Waals surface area contributed by atoms with Gasteiger partial charge in [0.15, 0.2) is 0 Å². The first-order valence-electron chi connectivity index (χ1n) is 10.4. The van der Waals surface area contributed by atoms with Gasteiger partial charge in [0.25, 0.3) is 0 Å². The van der Waals surface area contributed by atoms with Gasteiger partial charge in [0.2, 0.25) is 0 Å². The molecule has 1 radical (unpaired) electrons. The molecule has 31 heavy (non-hydrogen) atoms. The summed E-state index contributed by atoms with van der Waals surface area (Å²) >= 11 is 0. The molecule has 1 saturated heterocycles. The third-order valence-electron chi connectivity index (χ3n) is 7.00. The predicted octanol–water partition coefficient (Wildman–Crippen LogP) is 4.67. The average Bonchev–Trinajstić information content (AvgIpc) is 2.95. The monoisotopic (exact) mass is 505 g/mol. The molecule has 0 bridgehead atoms. The van der Waals surface area contributed by atoms with Crippen LogP contribution in [0.25, 0.3) is 0 Å². The van der Waals surface area contributed by atoms with Crippen LogP contribution in [0, 0.1) is 11.5 Å². The number of hydrogen-bond acceptors (Lipinski definition) is 2. The Balaban J connectivity index is 0.00000272. The first-order valence-corrected chi connectivity index (χ1v) is 12.7. The average molecular weight is 505 g/mol. The minimum Gasteiger partial charge on any atom is 0 e. The van der Waals surface area contributed by atoms with E-state index in [0.717, 1.165) is 6.10 Å². The third kappa shape index (κ3) is 3.39. The van der Waals surface area contributed by atoms with Crippen molar-refractivity contribution in [3.63, 3.8) is 0 Å². The smallest absolute Gasteiger partial charge is 0 e. The topological polar surface area (TPSA) is 32.3 Å². The maximum atomic E-state index is 12.3. The van der Waals surface area contributed by atoms with Crippen LogP contribution >= 0.6 is 6.83 Å². The molecule has 1 unspecified atom stereocenters. The molecule has 0 N–H and O–H groups in total. The Kier molecular flexibility index (Phi) is 7.00. The van der Waals surface area contributed by atoms with E-state index in [-0.39, 0.29) is 44.1 Å². The molecule has 2 atom stereocenters. The van der Waals surface area contributed by atoms with E-state index in [2.05, 4.69) is 86.6 Å². The summed E-state index contributed by atoms with van der Waals surface area (Å²) in [6, 6.07) is 31.8. The molecule has 0 aromatic heterocycles. The first-order chi connectivity index (χ1) is 14.4. The van der Waals surface area contributed by atoms with Crippen LogP contribution in [-0.4, -0.2) is 5.66 Å². The molecule has 1 aliphatic heterocycles. The van der Waals surface area contributed by atoms with E-state index < -0.39 is 12.2 Å². The molecule has 159 valence electrons. The van der Waals surface area contributed by atoms with E-state index in [9.17, 15) is 5.11 Å². The molecule has 1 heterocycles. The Bertz CT molecular complexity index is 949. The van der Waals surface area contributed by atoms with Crippen LogP contribution in [0.5, 0.6) is 0 Å². The van der Waals surface area contributed by atoms with Gasteiger partial charge >= 0.3 is 180 Å². The second-order valence-corrected chi connectivity index (χ2v) is 13.2. The van der Waals surface area contributed by atoms with Gasteiger partial charge in [-0.05, 0) is 0 Å². The number of hydrogen-bond donors (Lipinski definition) is 0. The summed E-state index contributed by atoms with van der Waals surface area (Å²) < 4.78 is 7.29. The van der Waals surface area contributed by atoms with Crippen molar-refractivity contribution in [3.05, 3.63) is 109 Å². The van der Waals surface area contributed by atoms with Gasteiger partial charge < -0.3 is 0 Å². The SMILES string of the molecule is C/C([O-])=C/[C@@]1(C)[C-](C)OP(c2ccccc2)(c2ccccc2)(c2ccccc2)C1C.[Y]. The Morgan fingerprint density at radius 1 is 0.871 bits per heavy atom. The molecule has 0 spiro atoms. The fourth-order valence-corrected chi connectivity index (χ4v) is 12.4. The Morgan fingerprint density at radius 3 is 1.55 bits per heavy atom. The van der Waals surface area contributed by atoms with E-state index >= 15 is 0 Å². The Hall–Kier alpha value is -1.31. The minimum atomic E-state index is -3.42. The van der Waals surface area contributed by atoms with Crippen molar-refractivity contribution < 1.29 is 42.3 Å². The predicted molar refractivity (Wildman–Crippen MR) is 126 cm³/mol. The van der Waals surface area contributed by atoms with E-state index in [1.54, 1.807) is 6.92 Å². The maximum absolute atomic E-state index is 12.3. The van der Waals surface area contributed by atoms with Crippen LogP contribution in [0.4, 0.5) is 0 Å².